The quantitative estimate of drug-likeness (QED) is 0.699. The van der Waals surface area contributed by atoms with Crippen LogP contribution in [0.4, 0.5) is 0 Å². The van der Waals surface area contributed by atoms with Crippen LogP contribution in [0, 0.1) is 6.92 Å². The molecule has 4 nitrogen and oxygen atoms in total. The number of likely N-dealkylation sites (N-methyl/N-ethyl adjacent to an activating group) is 1. The van der Waals surface area contributed by atoms with Crippen molar-refractivity contribution in [1.82, 2.24) is 14.4 Å². The number of piperazine rings is 1. The van der Waals surface area contributed by atoms with Crippen molar-refractivity contribution in [2.24, 2.45) is 7.05 Å². The van der Waals surface area contributed by atoms with Gasteiger partial charge < -0.3 is 14.4 Å². The van der Waals surface area contributed by atoms with Gasteiger partial charge in [0.25, 0.3) is 5.91 Å². The maximum absolute atomic E-state index is 12.2. The van der Waals surface area contributed by atoms with Crippen LogP contribution in [0.25, 0.3) is 0 Å². The molecule has 0 atom stereocenters. The normalized spacial score (nSPS) is 17.8. The lowest BCUT2D eigenvalue weighted by Crippen LogP contribution is -2.47. The van der Waals surface area contributed by atoms with Crippen LogP contribution in [0.1, 0.15) is 16.1 Å². The molecule has 1 aliphatic heterocycles. The van der Waals surface area contributed by atoms with E-state index in [1.165, 1.54) is 0 Å². The van der Waals surface area contributed by atoms with Gasteiger partial charge in [-0.05, 0) is 20.0 Å². The second-order valence-corrected chi connectivity index (χ2v) is 4.58. The number of carbonyl (C=O) groups excluding carboxylic acids is 1. The largest absolute Gasteiger partial charge is 0.354 e. The standard InChI is InChI=1S/C12H19N3O/c1-10-8-11(9-14(10)3)12(16)15-6-4-13(2)5-7-15/h8-9H,4-7H2,1-3H3. The zero-order valence-corrected chi connectivity index (χ0v) is 10.2. The summed E-state index contributed by atoms with van der Waals surface area (Å²) >= 11 is 0. The van der Waals surface area contributed by atoms with Crippen LogP contribution in [0.2, 0.25) is 0 Å². The van der Waals surface area contributed by atoms with Gasteiger partial charge in [-0.15, -0.1) is 0 Å². The fraction of sp³-hybridized carbons (Fsp3) is 0.583. The Balaban J connectivity index is 2.07. The highest BCUT2D eigenvalue weighted by molar-refractivity contribution is 5.94. The SMILES string of the molecule is Cc1cc(C(=O)N2CCN(C)CC2)cn1C. The molecular formula is C12H19N3O. The third-order valence-electron chi connectivity index (χ3n) is 3.29. The summed E-state index contributed by atoms with van der Waals surface area (Å²) in [7, 11) is 4.06. The lowest BCUT2D eigenvalue weighted by atomic mass is 10.2. The van der Waals surface area contributed by atoms with E-state index in [0.29, 0.717) is 0 Å². The maximum atomic E-state index is 12.2. The molecule has 16 heavy (non-hydrogen) atoms. The zero-order valence-electron chi connectivity index (χ0n) is 10.2. The van der Waals surface area contributed by atoms with Crippen LogP contribution in [-0.2, 0) is 7.05 Å². The summed E-state index contributed by atoms with van der Waals surface area (Å²) in [5.74, 6) is 0.164. The van der Waals surface area contributed by atoms with E-state index >= 15 is 0 Å². The van der Waals surface area contributed by atoms with Gasteiger partial charge >= 0.3 is 0 Å². The van der Waals surface area contributed by atoms with Gasteiger partial charge in [0.15, 0.2) is 0 Å². The number of aromatic nitrogens is 1. The van der Waals surface area contributed by atoms with Crippen LogP contribution in [-0.4, -0.2) is 53.5 Å². The molecule has 1 aromatic heterocycles. The maximum Gasteiger partial charge on any atom is 0.255 e. The molecule has 1 aromatic rings. The summed E-state index contributed by atoms with van der Waals surface area (Å²) in [6.45, 7) is 5.63. The van der Waals surface area contributed by atoms with Gasteiger partial charge in [-0.1, -0.05) is 0 Å². The average Bonchev–Trinajstić information content (AvgIpc) is 2.59. The molecule has 0 aliphatic carbocycles. The molecule has 4 heteroatoms. The second kappa shape index (κ2) is 4.29. The fourth-order valence-corrected chi connectivity index (χ4v) is 1.98. The van der Waals surface area contributed by atoms with Gasteiger partial charge in [-0.25, -0.2) is 0 Å². The average molecular weight is 221 g/mol. The molecule has 1 aliphatic rings. The Morgan fingerprint density at radius 3 is 2.31 bits per heavy atom. The van der Waals surface area contributed by atoms with Gasteiger partial charge in [0, 0.05) is 45.1 Å². The lowest BCUT2D eigenvalue weighted by Gasteiger charge is -2.32. The molecule has 0 bridgehead atoms. The smallest absolute Gasteiger partial charge is 0.255 e. The molecule has 2 heterocycles. The first-order valence-corrected chi connectivity index (χ1v) is 5.68. The van der Waals surface area contributed by atoms with Gasteiger partial charge in [0.1, 0.15) is 0 Å². The minimum atomic E-state index is 0.164. The van der Waals surface area contributed by atoms with Gasteiger partial charge in [0.05, 0.1) is 5.56 Å². The van der Waals surface area contributed by atoms with Crippen molar-refractivity contribution >= 4 is 5.91 Å². The molecule has 0 unspecified atom stereocenters. The van der Waals surface area contributed by atoms with Gasteiger partial charge in [-0.3, -0.25) is 4.79 Å². The molecule has 0 spiro atoms. The van der Waals surface area contributed by atoms with Crippen LogP contribution in [0.15, 0.2) is 12.3 Å². The summed E-state index contributed by atoms with van der Waals surface area (Å²) in [4.78, 5) is 16.4. The third-order valence-corrected chi connectivity index (χ3v) is 3.29. The Bertz CT molecular complexity index is 369. The molecule has 0 aromatic carbocycles. The Labute approximate surface area is 96.4 Å². The predicted molar refractivity (Wildman–Crippen MR) is 63.6 cm³/mol. The monoisotopic (exact) mass is 221 g/mol. The van der Waals surface area contributed by atoms with Crippen molar-refractivity contribution in [3.8, 4) is 0 Å². The number of aryl methyl sites for hydroxylation is 2. The second-order valence-electron chi connectivity index (χ2n) is 4.58. The van der Waals surface area contributed by atoms with E-state index < -0.39 is 0 Å². The Morgan fingerprint density at radius 2 is 1.81 bits per heavy atom. The van der Waals surface area contributed by atoms with E-state index in [4.69, 9.17) is 0 Å². The highest BCUT2D eigenvalue weighted by atomic mass is 16.2. The van der Waals surface area contributed by atoms with E-state index in [2.05, 4.69) is 11.9 Å². The zero-order chi connectivity index (χ0) is 11.7. The number of amides is 1. The van der Waals surface area contributed by atoms with E-state index in [1.807, 2.05) is 35.7 Å². The number of hydrogen-bond acceptors (Lipinski definition) is 2. The van der Waals surface area contributed by atoms with Crippen molar-refractivity contribution in [2.75, 3.05) is 33.2 Å². The first-order chi connectivity index (χ1) is 7.58. The molecule has 1 saturated heterocycles. The summed E-state index contributed by atoms with van der Waals surface area (Å²) < 4.78 is 1.99. The highest BCUT2D eigenvalue weighted by Crippen LogP contribution is 2.11. The number of hydrogen-bond donors (Lipinski definition) is 0. The molecule has 88 valence electrons. The van der Waals surface area contributed by atoms with Crippen molar-refractivity contribution < 1.29 is 4.79 Å². The van der Waals surface area contributed by atoms with E-state index in [1.54, 1.807) is 0 Å². The topological polar surface area (TPSA) is 28.5 Å². The predicted octanol–water partition coefficient (Wildman–Crippen LogP) is 0.721. The van der Waals surface area contributed by atoms with Crippen molar-refractivity contribution in [3.05, 3.63) is 23.5 Å². The van der Waals surface area contributed by atoms with E-state index in [-0.39, 0.29) is 5.91 Å². The van der Waals surface area contributed by atoms with Crippen molar-refractivity contribution in [1.29, 1.82) is 0 Å². The van der Waals surface area contributed by atoms with Gasteiger partial charge in [-0.2, -0.15) is 0 Å². The molecule has 0 saturated carbocycles. The summed E-state index contributed by atoms with van der Waals surface area (Å²) in [6, 6.07) is 1.96. The number of carbonyl (C=O) groups is 1. The van der Waals surface area contributed by atoms with Crippen molar-refractivity contribution in [3.63, 3.8) is 0 Å². The molecule has 0 radical (unpaired) electrons. The van der Waals surface area contributed by atoms with Crippen LogP contribution in [0.5, 0.6) is 0 Å². The van der Waals surface area contributed by atoms with Crippen LogP contribution in [0.3, 0.4) is 0 Å². The van der Waals surface area contributed by atoms with E-state index in [9.17, 15) is 4.79 Å². The minimum absolute atomic E-state index is 0.164. The van der Waals surface area contributed by atoms with Crippen LogP contribution < -0.4 is 0 Å². The first-order valence-electron chi connectivity index (χ1n) is 5.68. The Kier molecular flexibility index (Phi) is 3.01. The summed E-state index contributed by atoms with van der Waals surface area (Å²) in [5, 5.41) is 0. The van der Waals surface area contributed by atoms with E-state index in [0.717, 1.165) is 37.4 Å². The Morgan fingerprint density at radius 1 is 1.19 bits per heavy atom. The molecule has 1 fully saturated rings. The summed E-state index contributed by atoms with van der Waals surface area (Å²) in [5.41, 5.74) is 1.93. The fourth-order valence-electron chi connectivity index (χ4n) is 1.98. The molecule has 1 amide bonds. The molecule has 2 rings (SSSR count). The Hall–Kier alpha value is -1.29. The van der Waals surface area contributed by atoms with Crippen LogP contribution >= 0.6 is 0 Å². The highest BCUT2D eigenvalue weighted by Gasteiger charge is 2.21. The lowest BCUT2D eigenvalue weighted by molar-refractivity contribution is 0.0664. The molecular weight excluding hydrogens is 202 g/mol. The number of nitrogens with zero attached hydrogens (tertiary/aromatic N) is 3. The molecule has 0 N–H and O–H groups in total. The first kappa shape index (κ1) is 11.2. The minimum Gasteiger partial charge on any atom is -0.354 e. The summed E-state index contributed by atoms with van der Waals surface area (Å²) in [6.07, 6.45) is 1.91. The van der Waals surface area contributed by atoms with Gasteiger partial charge in [0.2, 0.25) is 0 Å². The van der Waals surface area contributed by atoms with Crippen molar-refractivity contribution in [2.45, 2.75) is 6.92 Å². The third kappa shape index (κ3) is 2.11. The number of rotatable bonds is 1.